The third kappa shape index (κ3) is 444. The lowest BCUT2D eigenvalue weighted by atomic mass is 10.6. The second-order valence-electron chi connectivity index (χ2n) is 2.19. The van der Waals surface area contributed by atoms with Gasteiger partial charge >= 0.3 is 0 Å². The van der Waals surface area contributed by atoms with Crippen molar-refractivity contribution in [1.82, 2.24) is 0 Å². The molecule has 0 heterocycles. The van der Waals surface area contributed by atoms with Crippen molar-refractivity contribution in [3.8, 4) is 0 Å². The third-order valence-electron chi connectivity index (χ3n) is 0. The van der Waals surface area contributed by atoms with Crippen LogP contribution in [-0.2, 0) is 0 Å². The van der Waals surface area contributed by atoms with E-state index in [0.29, 0.717) is 10.5 Å². The van der Waals surface area contributed by atoms with E-state index < -0.39 is 0 Å². The number of rotatable bonds is 0. The molecule has 0 unspecified atom stereocenters. The zero-order valence-electron chi connectivity index (χ0n) is 6.05. The summed E-state index contributed by atoms with van der Waals surface area (Å²) in [6, 6.07) is 0. The smallest absolute Gasteiger partial charge is 0.00399 e. The summed E-state index contributed by atoms with van der Waals surface area (Å²) < 4.78 is 0. The molecule has 0 atom stereocenters. The Morgan fingerprint density at radius 3 is 0.750 bits per heavy atom. The molecule has 0 nitrogen and oxygen atoms in total. The Balaban J connectivity index is 0. The van der Waals surface area contributed by atoms with Crippen LogP contribution in [0, 0.1) is 0 Å². The summed E-state index contributed by atoms with van der Waals surface area (Å²) in [5.74, 6) is 0. The van der Waals surface area contributed by atoms with Crippen LogP contribution in [0.25, 0.3) is 0 Å². The minimum absolute atomic E-state index is 0.528. The van der Waals surface area contributed by atoms with Gasteiger partial charge in [-0.05, 0) is 10.5 Å². The van der Waals surface area contributed by atoms with Crippen molar-refractivity contribution in [2.45, 2.75) is 38.2 Å². The maximum absolute atomic E-state index is 3.97. The molecular formula is C6H16S2. The van der Waals surface area contributed by atoms with E-state index in [4.69, 9.17) is 0 Å². The van der Waals surface area contributed by atoms with E-state index in [1.807, 2.05) is 27.7 Å². The van der Waals surface area contributed by atoms with Crippen LogP contribution in [0.5, 0.6) is 0 Å². The highest BCUT2D eigenvalue weighted by Gasteiger charge is 1.69. The van der Waals surface area contributed by atoms with Crippen molar-refractivity contribution in [1.29, 1.82) is 0 Å². The molecule has 52 valence electrons. The van der Waals surface area contributed by atoms with Gasteiger partial charge < -0.3 is 0 Å². The van der Waals surface area contributed by atoms with Crippen molar-refractivity contribution >= 4 is 25.3 Å². The van der Waals surface area contributed by atoms with Crippen molar-refractivity contribution in [2.24, 2.45) is 0 Å². The van der Waals surface area contributed by atoms with Gasteiger partial charge in [0.1, 0.15) is 0 Å². The lowest BCUT2D eigenvalue weighted by molar-refractivity contribution is 1.13. The van der Waals surface area contributed by atoms with Crippen LogP contribution in [0.2, 0.25) is 0 Å². The van der Waals surface area contributed by atoms with Gasteiger partial charge in [-0.1, -0.05) is 27.7 Å². The first kappa shape index (κ1) is 11.5. The number of hydrogen-bond donors (Lipinski definition) is 2. The van der Waals surface area contributed by atoms with Crippen molar-refractivity contribution in [2.75, 3.05) is 0 Å². The fourth-order valence-corrected chi connectivity index (χ4v) is 0. The highest BCUT2D eigenvalue weighted by Crippen LogP contribution is 1.83. The van der Waals surface area contributed by atoms with Gasteiger partial charge in [0.2, 0.25) is 0 Å². The molecule has 0 aliphatic rings. The predicted molar refractivity (Wildman–Crippen MR) is 48.2 cm³/mol. The highest BCUT2D eigenvalue weighted by atomic mass is 32.1. The normalized spacial score (nSPS) is 9.00. The molecule has 0 radical (unpaired) electrons. The fraction of sp³-hybridized carbons (Fsp3) is 1.00. The summed E-state index contributed by atoms with van der Waals surface area (Å²) in [7, 11) is 0. The number of hydrogen-bond acceptors (Lipinski definition) is 2. The highest BCUT2D eigenvalue weighted by molar-refractivity contribution is 7.81. The van der Waals surface area contributed by atoms with E-state index in [9.17, 15) is 0 Å². The number of thiol groups is 2. The van der Waals surface area contributed by atoms with Gasteiger partial charge in [0.05, 0.1) is 0 Å². The molecule has 0 bridgehead atoms. The summed E-state index contributed by atoms with van der Waals surface area (Å²) in [5, 5.41) is 1.06. The molecule has 0 spiro atoms. The molecule has 2 heteroatoms. The van der Waals surface area contributed by atoms with E-state index in [-0.39, 0.29) is 0 Å². The zero-order valence-corrected chi connectivity index (χ0v) is 7.84. The van der Waals surface area contributed by atoms with E-state index in [2.05, 4.69) is 25.3 Å². The topological polar surface area (TPSA) is 0 Å². The maximum atomic E-state index is 3.97. The largest absolute Gasteiger partial charge is 0.177 e. The van der Waals surface area contributed by atoms with Crippen LogP contribution >= 0.6 is 25.3 Å². The molecular weight excluding hydrogens is 136 g/mol. The Kier molecular flexibility index (Phi) is 11.1. The van der Waals surface area contributed by atoms with E-state index in [0.717, 1.165) is 0 Å². The lowest BCUT2D eigenvalue weighted by Crippen LogP contribution is -1.71. The maximum Gasteiger partial charge on any atom is -0.00399 e. The fourth-order valence-electron chi connectivity index (χ4n) is 0. The molecule has 0 aliphatic heterocycles. The monoisotopic (exact) mass is 152 g/mol. The van der Waals surface area contributed by atoms with Crippen LogP contribution in [-0.4, -0.2) is 10.5 Å². The molecule has 0 saturated carbocycles. The average molecular weight is 152 g/mol. The summed E-state index contributed by atoms with van der Waals surface area (Å²) in [5.41, 5.74) is 0. The van der Waals surface area contributed by atoms with Gasteiger partial charge in [-0.15, -0.1) is 0 Å². The van der Waals surface area contributed by atoms with Crippen LogP contribution in [0.4, 0.5) is 0 Å². The average Bonchev–Trinajstić information content (AvgIpc) is 1.25. The van der Waals surface area contributed by atoms with Crippen LogP contribution in [0.15, 0.2) is 0 Å². The molecule has 0 aromatic rings. The molecule has 0 aliphatic carbocycles. The Hall–Kier alpha value is 0.700. The minimum atomic E-state index is 0.528. The second-order valence-corrected chi connectivity index (χ2v) is 4.25. The van der Waals surface area contributed by atoms with Crippen LogP contribution in [0.1, 0.15) is 27.7 Å². The molecule has 0 saturated heterocycles. The van der Waals surface area contributed by atoms with Gasteiger partial charge in [0, 0.05) is 0 Å². The first-order valence-corrected chi connectivity index (χ1v) is 3.86. The minimum Gasteiger partial charge on any atom is -0.177 e. The molecule has 0 fully saturated rings. The Bertz CT molecular complexity index is 22.0. The predicted octanol–water partition coefficient (Wildman–Crippen LogP) is 2.65. The summed E-state index contributed by atoms with van der Waals surface area (Å²) in [4.78, 5) is 0. The third-order valence-corrected chi connectivity index (χ3v) is 0. The van der Waals surface area contributed by atoms with Crippen LogP contribution in [0.3, 0.4) is 0 Å². The summed E-state index contributed by atoms with van der Waals surface area (Å²) in [6.07, 6.45) is 0. The van der Waals surface area contributed by atoms with Crippen LogP contribution < -0.4 is 0 Å². The lowest BCUT2D eigenvalue weighted by Gasteiger charge is -1.78. The summed E-state index contributed by atoms with van der Waals surface area (Å²) >= 11 is 7.93. The zero-order chi connectivity index (χ0) is 7.15. The van der Waals surface area contributed by atoms with Gasteiger partial charge in [0.15, 0.2) is 0 Å². The van der Waals surface area contributed by atoms with Gasteiger partial charge in [0.25, 0.3) is 0 Å². The Morgan fingerprint density at radius 1 is 0.750 bits per heavy atom. The Morgan fingerprint density at radius 2 is 0.750 bits per heavy atom. The van der Waals surface area contributed by atoms with Gasteiger partial charge in [-0.3, -0.25) is 0 Å². The standard InChI is InChI=1S/2C3H8S/c2*1-3(2)4/h2*3-4H,1-2H3. The molecule has 0 amide bonds. The SMILES string of the molecule is CC(C)S.CC(C)S. The van der Waals surface area contributed by atoms with Crippen molar-refractivity contribution in [3.63, 3.8) is 0 Å². The van der Waals surface area contributed by atoms with Crippen molar-refractivity contribution in [3.05, 3.63) is 0 Å². The van der Waals surface area contributed by atoms with Gasteiger partial charge in [-0.25, -0.2) is 0 Å². The quantitative estimate of drug-likeness (QED) is 0.490. The molecule has 8 heavy (non-hydrogen) atoms. The second kappa shape index (κ2) is 7.70. The molecule has 0 rings (SSSR count). The van der Waals surface area contributed by atoms with Gasteiger partial charge in [-0.2, -0.15) is 25.3 Å². The van der Waals surface area contributed by atoms with E-state index >= 15 is 0 Å². The summed E-state index contributed by atoms with van der Waals surface area (Å²) in [6.45, 7) is 8.12. The molecule has 0 N–H and O–H groups in total. The molecule has 0 aromatic carbocycles. The first-order valence-electron chi connectivity index (χ1n) is 2.83. The van der Waals surface area contributed by atoms with Crippen molar-refractivity contribution < 1.29 is 0 Å². The Labute approximate surface area is 63.9 Å². The van der Waals surface area contributed by atoms with E-state index in [1.165, 1.54) is 0 Å². The first-order chi connectivity index (χ1) is 3.46. The van der Waals surface area contributed by atoms with E-state index in [1.54, 1.807) is 0 Å². The molecule has 0 aromatic heterocycles.